The van der Waals surface area contributed by atoms with Crippen molar-refractivity contribution in [2.75, 3.05) is 0 Å². The standard InChI is InChI=1S/C20H18N6O2/c1-14(20-23-22-17-9-5-6-12-25(17)20)21-18(27)13-26-19(28)11-10-16(24-26)15-7-3-2-4-8-15/h2-12,14H,13H2,1H3,(H,21,27)/t14-/m0/s1. The molecule has 1 amide bonds. The van der Waals surface area contributed by atoms with Crippen LogP contribution in [-0.2, 0) is 11.3 Å². The van der Waals surface area contributed by atoms with E-state index in [9.17, 15) is 9.59 Å². The van der Waals surface area contributed by atoms with E-state index in [1.165, 1.54) is 6.07 Å². The van der Waals surface area contributed by atoms with E-state index in [1.54, 1.807) is 6.07 Å². The maximum Gasteiger partial charge on any atom is 0.267 e. The number of pyridine rings is 1. The Morgan fingerprint density at radius 1 is 1.04 bits per heavy atom. The Morgan fingerprint density at radius 2 is 1.82 bits per heavy atom. The van der Waals surface area contributed by atoms with Crippen molar-refractivity contribution in [2.45, 2.75) is 19.5 Å². The van der Waals surface area contributed by atoms with Crippen molar-refractivity contribution in [3.05, 3.63) is 83.0 Å². The van der Waals surface area contributed by atoms with E-state index >= 15 is 0 Å². The van der Waals surface area contributed by atoms with Gasteiger partial charge in [-0.2, -0.15) is 5.10 Å². The molecule has 0 radical (unpaired) electrons. The molecule has 1 N–H and O–H groups in total. The summed E-state index contributed by atoms with van der Waals surface area (Å²) in [5, 5.41) is 15.4. The molecule has 0 saturated heterocycles. The van der Waals surface area contributed by atoms with Crippen LogP contribution in [0.4, 0.5) is 0 Å². The van der Waals surface area contributed by atoms with E-state index in [2.05, 4.69) is 20.6 Å². The molecule has 1 aromatic carbocycles. The minimum absolute atomic E-state index is 0.180. The normalized spacial score (nSPS) is 12.0. The summed E-state index contributed by atoms with van der Waals surface area (Å²) in [5.74, 6) is 0.280. The topological polar surface area (TPSA) is 94.2 Å². The molecule has 0 spiro atoms. The van der Waals surface area contributed by atoms with E-state index in [1.807, 2.05) is 66.1 Å². The van der Waals surface area contributed by atoms with E-state index in [4.69, 9.17) is 0 Å². The highest BCUT2D eigenvalue weighted by Gasteiger charge is 2.16. The van der Waals surface area contributed by atoms with Crippen molar-refractivity contribution in [3.63, 3.8) is 0 Å². The van der Waals surface area contributed by atoms with Gasteiger partial charge in [-0.25, -0.2) is 4.68 Å². The Balaban J connectivity index is 1.51. The zero-order valence-electron chi connectivity index (χ0n) is 15.2. The monoisotopic (exact) mass is 374 g/mol. The van der Waals surface area contributed by atoms with Crippen LogP contribution in [0.3, 0.4) is 0 Å². The second kappa shape index (κ2) is 7.43. The van der Waals surface area contributed by atoms with Crippen LogP contribution in [-0.4, -0.2) is 30.3 Å². The van der Waals surface area contributed by atoms with Crippen molar-refractivity contribution >= 4 is 11.6 Å². The van der Waals surface area contributed by atoms with Crippen molar-refractivity contribution in [2.24, 2.45) is 0 Å². The lowest BCUT2D eigenvalue weighted by atomic mass is 10.1. The zero-order chi connectivity index (χ0) is 19.5. The first kappa shape index (κ1) is 17.6. The van der Waals surface area contributed by atoms with Gasteiger partial charge in [-0.05, 0) is 25.1 Å². The molecule has 28 heavy (non-hydrogen) atoms. The second-order valence-corrected chi connectivity index (χ2v) is 6.36. The molecule has 4 rings (SSSR count). The number of rotatable bonds is 5. The molecule has 4 aromatic rings. The SMILES string of the molecule is C[C@H](NC(=O)Cn1nc(-c2ccccc2)ccc1=O)c1nnc2ccccn12. The summed E-state index contributed by atoms with van der Waals surface area (Å²) in [6.45, 7) is 1.64. The lowest BCUT2D eigenvalue weighted by Crippen LogP contribution is -2.35. The van der Waals surface area contributed by atoms with Gasteiger partial charge in [-0.1, -0.05) is 36.4 Å². The second-order valence-electron chi connectivity index (χ2n) is 6.36. The Labute approximate surface area is 160 Å². The largest absolute Gasteiger partial charge is 0.345 e. The van der Waals surface area contributed by atoms with Crippen LogP contribution in [0.25, 0.3) is 16.9 Å². The maximum atomic E-state index is 12.5. The van der Waals surface area contributed by atoms with Crippen LogP contribution in [0, 0.1) is 0 Å². The molecule has 0 saturated carbocycles. The molecule has 140 valence electrons. The van der Waals surface area contributed by atoms with Crippen molar-refractivity contribution in [3.8, 4) is 11.3 Å². The highest BCUT2D eigenvalue weighted by Crippen LogP contribution is 2.14. The number of aromatic nitrogens is 5. The number of hydrogen-bond donors (Lipinski definition) is 1. The van der Waals surface area contributed by atoms with Gasteiger partial charge in [0.1, 0.15) is 6.54 Å². The average Bonchev–Trinajstić information content (AvgIpc) is 3.14. The van der Waals surface area contributed by atoms with Crippen LogP contribution < -0.4 is 10.9 Å². The average molecular weight is 374 g/mol. The number of amides is 1. The summed E-state index contributed by atoms with van der Waals surface area (Å²) < 4.78 is 2.97. The van der Waals surface area contributed by atoms with Gasteiger partial charge < -0.3 is 5.32 Å². The van der Waals surface area contributed by atoms with Gasteiger partial charge in [0.15, 0.2) is 11.5 Å². The Kier molecular flexibility index (Phi) is 4.67. The van der Waals surface area contributed by atoms with Gasteiger partial charge in [0.25, 0.3) is 5.56 Å². The molecule has 8 nitrogen and oxygen atoms in total. The third kappa shape index (κ3) is 3.52. The molecule has 0 unspecified atom stereocenters. The zero-order valence-corrected chi connectivity index (χ0v) is 15.2. The summed E-state index contributed by atoms with van der Waals surface area (Å²) in [7, 11) is 0. The number of fused-ring (bicyclic) bond motifs is 1. The van der Waals surface area contributed by atoms with Gasteiger partial charge in [-0.3, -0.25) is 14.0 Å². The smallest absolute Gasteiger partial charge is 0.267 e. The highest BCUT2D eigenvalue weighted by atomic mass is 16.2. The molecule has 0 bridgehead atoms. The highest BCUT2D eigenvalue weighted by molar-refractivity contribution is 5.76. The minimum Gasteiger partial charge on any atom is -0.345 e. The summed E-state index contributed by atoms with van der Waals surface area (Å²) in [4.78, 5) is 24.6. The molecule has 1 atom stereocenters. The van der Waals surface area contributed by atoms with Gasteiger partial charge >= 0.3 is 0 Å². The lowest BCUT2D eigenvalue weighted by molar-refractivity contribution is -0.122. The fraction of sp³-hybridized carbons (Fsp3) is 0.150. The molecular weight excluding hydrogens is 356 g/mol. The van der Waals surface area contributed by atoms with Crippen LogP contribution in [0.1, 0.15) is 18.8 Å². The molecular formula is C20H18N6O2. The van der Waals surface area contributed by atoms with Crippen LogP contribution >= 0.6 is 0 Å². The molecule has 0 aliphatic carbocycles. The molecule has 3 heterocycles. The van der Waals surface area contributed by atoms with Crippen molar-refractivity contribution < 1.29 is 4.79 Å². The first-order valence-corrected chi connectivity index (χ1v) is 8.84. The molecule has 0 fully saturated rings. The number of nitrogens with one attached hydrogen (secondary N) is 1. The molecule has 0 aliphatic rings. The quantitative estimate of drug-likeness (QED) is 0.575. The van der Waals surface area contributed by atoms with Gasteiger partial charge in [-0.15, -0.1) is 10.2 Å². The first-order chi connectivity index (χ1) is 13.6. The summed E-state index contributed by atoms with van der Waals surface area (Å²) >= 11 is 0. The third-order valence-electron chi connectivity index (χ3n) is 4.33. The fourth-order valence-electron chi connectivity index (χ4n) is 2.97. The van der Waals surface area contributed by atoms with Gasteiger partial charge in [0.05, 0.1) is 11.7 Å². The number of hydrogen-bond acceptors (Lipinski definition) is 5. The van der Waals surface area contributed by atoms with Gasteiger partial charge in [0.2, 0.25) is 5.91 Å². The maximum absolute atomic E-state index is 12.5. The van der Waals surface area contributed by atoms with E-state index < -0.39 is 0 Å². The third-order valence-corrected chi connectivity index (χ3v) is 4.33. The predicted molar refractivity (Wildman–Crippen MR) is 103 cm³/mol. The number of carbonyl (C=O) groups is 1. The van der Waals surface area contributed by atoms with Crippen LogP contribution in [0.15, 0.2) is 71.7 Å². The van der Waals surface area contributed by atoms with Crippen molar-refractivity contribution in [1.82, 2.24) is 29.7 Å². The van der Waals surface area contributed by atoms with Crippen molar-refractivity contribution in [1.29, 1.82) is 0 Å². The fourth-order valence-corrected chi connectivity index (χ4v) is 2.97. The summed E-state index contributed by atoms with van der Waals surface area (Å²) in [6, 6.07) is 17.7. The number of nitrogens with zero attached hydrogens (tertiary/aromatic N) is 5. The Morgan fingerprint density at radius 3 is 2.64 bits per heavy atom. The molecule has 0 aliphatic heterocycles. The molecule has 8 heteroatoms. The summed E-state index contributed by atoms with van der Waals surface area (Å²) in [6.07, 6.45) is 1.84. The summed E-state index contributed by atoms with van der Waals surface area (Å²) in [5.41, 5.74) is 1.87. The first-order valence-electron chi connectivity index (χ1n) is 8.84. The minimum atomic E-state index is -0.377. The molecule has 3 aromatic heterocycles. The van der Waals surface area contributed by atoms with E-state index in [0.717, 1.165) is 10.2 Å². The van der Waals surface area contributed by atoms with E-state index in [-0.39, 0.29) is 24.1 Å². The Bertz CT molecular complexity index is 1180. The van der Waals surface area contributed by atoms with Gasteiger partial charge in [0, 0.05) is 17.8 Å². The predicted octanol–water partition coefficient (Wildman–Crippen LogP) is 1.83. The van der Waals surface area contributed by atoms with Crippen LogP contribution in [0.2, 0.25) is 0 Å². The lowest BCUT2D eigenvalue weighted by Gasteiger charge is -2.13. The number of carbonyl (C=O) groups excluding carboxylic acids is 1. The van der Waals surface area contributed by atoms with E-state index in [0.29, 0.717) is 17.2 Å². The van der Waals surface area contributed by atoms with Crippen LogP contribution in [0.5, 0.6) is 0 Å². The Hall–Kier alpha value is -3.81. The number of benzene rings is 1.